The summed E-state index contributed by atoms with van der Waals surface area (Å²) in [6, 6.07) is 0. The molecule has 0 heterocycles. The number of aliphatic carboxylic acids is 1. The Bertz CT molecular complexity index is 60.7. The predicted octanol–water partition coefficient (Wildman–Crippen LogP) is -0.457. The molecule has 0 atom stereocenters. The summed E-state index contributed by atoms with van der Waals surface area (Å²) in [4.78, 5) is 9.70. The van der Waals surface area contributed by atoms with Crippen molar-refractivity contribution in [1.82, 2.24) is 0 Å². The summed E-state index contributed by atoms with van der Waals surface area (Å²) in [5.74, 6) is -0.972. The Hall–Kier alpha value is 0.288. The fourth-order valence-corrected chi connectivity index (χ4v) is 0. The Kier molecular flexibility index (Phi) is 6.55. The molecule has 3 heteroatoms. The molecule has 0 aromatic heterocycles. The fraction of sp³-hybridized carbons (Fsp3) is 0.750. The second-order valence-corrected chi connectivity index (χ2v) is 1.49. The van der Waals surface area contributed by atoms with Gasteiger partial charge in [-0.1, -0.05) is 13.8 Å². The molecule has 0 aliphatic carbocycles. The number of rotatable bonds is 1. The van der Waals surface area contributed by atoms with E-state index in [1.54, 1.807) is 13.8 Å². The van der Waals surface area contributed by atoms with E-state index in [0.717, 1.165) is 0 Å². The summed E-state index contributed by atoms with van der Waals surface area (Å²) in [7, 11) is 0. The normalized spacial score (nSPS) is 7.86. The van der Waals surface area contributed by atoms with Gasteiger partial charge in [-0.05, 0) is 0 Å². The van der Waals surface area contributed by atoms with Gasteiger partial charge in [-0.3, -0.25) is 4.79 Å². The minimum absolute atomic E-state index is 0. The van der Waals surface area contributed by atoms with E-state index in [1.165, 1.54) is 0 Å². The van der Waals surface area contributed by atoms with Crippen LogP contribution in [-0.2, 0) is 4.79 Å². The van der Waals surface area contributed by atoms with Crippen molar-refractivity contribution in [2.75, 3.05) is 0 Å². The van der Waals surface area contributed by atoms with Crippen molar-refractivity contribution < 1.29 is 9.90 Å². The summed E-state index contributed by atoms with van der Waals surface area (Å²) in [6.07, 6.45) is 0. The molecule has 2 nitrogen and oxygen atoms in total. The molecule has 0 amide bonds. The number of hydrogen-bond donors (Lipinski definition) is 1. The van der Waals surface area contributed by atoms with Crippen molar-refractivity contribution in [2.24, 2.45) is 5.92 Å². The number of carboxylic acid groups (broad SMARTS) is 1. The van der Waals surface area contributed by atoms with Gasteiger partial charge in [0.1, 0.15) is 0 Å². The van der Waals surface area contributed by atoms with E-state index < -0.39 is 5.97 Å². The molecule has 0 bridgehead atoms. The van der Waals surface area contributed by atoms with E-state index in [-0.39, 0.29) is 30.3 Å². The van der Waals surface area contributed by atoms with Crippen molar-refractivity contribution in [3.05, 3.63) is 0 Å². The maximum absolute atomic E-state index is 9.70. The monoisotopic (exact) mass is 212 g/mol. The molecule has 0 aliphatic heterocycles. The molecule has 0 spiro atoms. The van der Waals surface area contributed by atoms with Crippen LogP contribution in [0.25, 0.3) is 0 Å². The van der Waals surface area contributed by atoms with Crippen molar-refractivity contribution in [3.63, 3.8) is 0 Å². The van der Waals surface area contributed by atoms with Crippen LogP contribution in [0.4, 0.5) is 0 Å². The molecule has 0 fully saturated rings. The Morgan fingerprint density at radius 1 is 1.57 bits per heavy atom. The van der Waals surface area contributed by atoms with Gasteiger partial charge in [0.25, 0.3) is 0 Å². The van der Waals surface area contributed by atoms with Crippen LogP contribution >= 0.6 is 0 Å². The van der Waals surface area contributed by atoms with Crippen molar-refractivity contribution in [3.8, 4) is 0 Å². The zero-order valence-electron chi connectivity index (χ0n) is 4.64. The maximum atomic E-state index is 9.70. The van der Waals surface area contributed by atoms with Gasteiger partial charge in [-0.25, -0.2) is 0 Å². The Morgan fingerprint density at radius 2 is 1.71 bits per heavy atom. The van der Waals surface area contributed by atoms with Gasteiger partial charge in [-0.15, -0.1) is 0 Å². The van der Waals surface area contributed by atoms with Crippen LogP contribution in [0, 0.1) is 5.92 Å². The molecular formula is C4H11O2Sb. The first-order valence-corrected chi connectivity index (χ1v) is 1.87. The van der Waals surface area contributed by atoms with Crippen LogP contribution < -0.4 is 0 Å². The topological polar surface area (TPSA) is 37.3 Å². The summed E-state index contributed by atoms with van der Waals surface area (Å²) < 4.78 is 0. The molecule has 0 radical (unpaired) electrons. The minimum atomic E-state index is -0.741. The average molecular weight is 213 g/mol. The van der Waals surface area contributed by atoms with Gasteiger partial charge in [-0.2, -0.15) is 0 Å². The van der Waals surface area contributed by atoms with Crippen LogP contribution in [0.1, 0.15) is 13.8 Å². The van der Waals surface area contributed by atoms with Gasteiger partial charge < -0.3 is 5.11 Å². The fourth-order valence-electron chi connectivity index (χ4n) is 0. The van der Waals surface area contributed by atoms with Crippen LogP contribution in [0.15, 0.2) is 0 Å². The summed E-state index contributed by atoms with van der Waals surface area (Å²) >= 11 is 0. The third-order valence-electron chi connectivity index (χ3n) is 0.494. The molecule has 7 heavy (non-hydrogen) atoms. The molecular weight excluding hydrogens is 202 g/mol. The Morgan fingerprint density at radius 3 is 1.71 bits per heavy atom. The summed E-state index contributed by atoms with van der Waals surface area (Å²) in [5, 5.41) is 7.99. The molecule has 1 N–H and O–H groups in total. The average Bonchev–Trinajstić information content (AvgIpc) is 1.36. The van der Waals surface area contributed by atoms with Gasteiger partial charge in [0.2, 0.25) is 0 Å². The molecule has 0 saturated heterocycles. The first kappa shape index (κ1) is 10.3. The van der Waals surface area contributed by atoms with Crippen LogP contribution in [0.3, 0.4) is 0 Å². The Labute approximate surface area is 60.4 Å². The van der Waals surface area contributed by atoms with E-state index >= 15 is 0 Å². The predicted molar refractivity (Wildman–Crippen MR) is 32.4 cm³/mol. The molecule has 0 aromatic carbocycles. The first-order valence-electron chi connectivity index (χ1n) is 1.87. The van der Waals surface area contributed by atoms with Crippen molar-refractivity contribution in [1.29, 1.82) is 0 Å². The summed E-state index contributed by atoms with van der Waals surface area (Å²) in [5.41, 5.74) is 0. The summed E-state index contributed by atoms with van der Waals surface area (Å²) in [6.45, 7) is 3.28. The van der Waals surface area contributed by atoms with Crippen LogP contribution in [0.2, 0.25) is 0 Å². The second kappa shape index (κ2) is 4.45. The van der Waals surface area contributed by atoms with Gasteiger partial charge in [0, 0.05) is 0 Å². The molecule has 0 aliphatic rings. The third-order valence-corrected chi connectivity index (χ3v) is 0.494. The quantitative estimate of drug-likeness (QED) is 0.598. The van der Waals surface area contributed by atoms with E-state index in [2.05, 4.69) is 0 Å². The molecule has 0 saturated carbocycles. The van der Waals surface area contributed by atoms with E-state index in [9.17, 15) is 4.79 Å². The van der Waals surface area contributed by atoms with Gasteiger partial charge in [0.05, 0.1) is 5.92 Å². The zero-order chi connectivity index (χ0) is 5.15. The zero-order valence-corrected chi connectivity index (χ0v) is 8.68. The molecule has 0 aromatic rings. The molecule has 44 valence electrons. The van der Waals surface area contributed by atoms with Crippen LogP contribution in [-0.4, -0.2) is 35.5 Å². The van der Waals surface area contributed by atoms with E-state index in [0.29, 0.717) is 0 Å². The third kappa shape index (κ3) is 6.29. The van der Waals surface area contributed by atoms with Crippen LogP contribution in [0.5, 0.6) is 0 Å². The van der Waals surface area contributed by atoms with Crippen molar-refractivity contribution in [2.45, 2.75) is 13.8 Å². The first-order chi connectivity index (χ1) is 2.64. The van der Waals surface area contributed by atoms with E-state index in [1.807, 2.05) is 0 Å². The standard InChI is InChI=1S/C4H8O2.Sb.3H/c1-3(2)4(5)6;;;;/h3H,1-2H3,(H,5,6);;;;. The van der Waals surface area contributed by atoms with Crippen molar-refractivity contribution >= 4 is 30.4 Å². The van der Waals surface area contributed by atoms with E-state index in [4.69, 9.17) is 5.11 Å². The molecule has 0 rings (SSSR count). The molecule has 0 unspecified atom stereocenters. The number of carbonyl (C=O) groups is 1. The number of hydrogen-bond acceptors (Lipinski definition) is 1. The Balaban J connectivity index is 0. The SMILES string of the molecule is CC(C)C(=O)O.[SbH3]. The van der Waals surface area contributed by atoms with Gasteiger partial charge in [0.15, 0.2) is 0 Å². The van der Waals surface area contributed by atoms with Gasteiger partial charge >= 0.3 is 30.4 Å². The second-order valence-electron chi connectivity index (χ2n) is 1.49. The number of carboxylic acids is 1.